The van der Waals surface area contributed by atoms with Crippen molar-refractivity contribution in [3.8, 4) is 0 Å². The van der Waals surface area contributed by atoms with Crippen LogP contribution in [0.1, 0.15) is 48.7 Å². The summed E-state index contributed by atoms with van der Waals surface area (Å²) in [4.78, 5) is 29.2. The molecule has 0 fully saturated rings. The number of nitrogens with one attached hydrogen (secondary N) is 2. The number of aromatic nitrogens is 1. The van der Waals surface area contributed by atoms with Crippen LogP contribution in [0.2, 0.25) is 5.15 Å². The van der Waals surface area contributed by atoms with Crippen molar-refractivity contribution in [3.05, 3.63) is 44.9 Å². The number of aldehydes is 1. The van der Waals surface area contributed by atoms with Crippen molar-refractivity contribution >= 4 is 52.1 Å². The molecule has 0 spiro atoms. The van der Waals surface area contributed by atoms with Crippen molar-refractivity contribution < 1.29 is 18.7 Å². The molecule has 0 aliphatic carbocycles. The third-order valence-corrected chi connectivity index (χ3v) is 5.20. The maximum atomic E-state index is 12.0. The summed E-state index contributed by atoms with van der Waals surface area (Å²) >= 11 is 7.81. The van der Waals surface area contributed by atoms with Gasteiger partial charge in [-0.1, -0.05) is 17.7 Å². The number of furan rings is 1. The highest BCUT2D eigenvalue weighted by atomic mass is 35.5. The number of fused-ring (bicyclic) bond motifs is 1. The molecule has 9 heteroatoms. The second-order valence-corrected chi connectivity index (χ2v) is 9.33. The number of anilines is 1. The van der Waals surface area contributed by atoms with E-state index in [0.29, 0.717) is 47.4 Å². The average molecular weight is 450 g/mol. The largest absolute Gasteiger partial charge is 0.456 e. The number of thiophene rings is 1. The number of ether oxygens (including phenoxy) is 1. The van der Waals surface area contributed by atoms with Crippen LogP contribution < -0.4 is 10.6 Å². The third kappa shape index (κ3) is 5.52. The summed E-state index contributed by atoms with van der Waals surface area (Å²) in [7, 11) is 0. The zero-order valence-electron chi connectivity index (χ0n) is 17.2. The lowest BCUT2D eigenvalue weighted by Crippen LogP contribution is -2.38. The van der Waals surface area contributed by atoms with E-state index in [4.69, 9.17) is 20.8 Å². The van der Waals surface area contributed by atoms with Gasteiger partial charge in [0.15, 0.2) is 11.9 Å². The number of carbonyl (C=O) groups excluding carboxylic acids is 2. The molecule has 0 aromatic carbocycles. The van der Waals surface area contributed by atoms with Crippen molar-refractivity contribution in [2.75, 3.05) is 5.32 Å². The lowest BCUT2D eigenvalue weighted by atomic mass is 10.1. The van der Waals surface area contributed by atoms with Gasteiger partial charge in [0, 0.05) is 30.0 Å². The molecule has 3 aromatic heterocycles. The highest BCUT2D eigenvalue weighted by Crippen LogP contribution is 2.32. The lowest BCUT2D eigenvalue weighted by molar-refractivity contribution is 0.0507. The Bertz CT molecular complexity index is 1040. The Morgan fingerprint density at radius 3 is 2.83 bits per heavy atom. The topological polar surface area (TPSA) is 93.5 Å². The summed E-state index contributed by atoms with van der Waals surface area (Å²) in [5.41, 5.74) is 1.23. The Morgan fingerprint density at radius 1 is 1.43 bits per heavy atom. The van der Waals surface area contributed by atoms with Gasteiger partial charge in [-0.15, -0.1) is 11.3 Å². The van der Waals surface area contributed by atoms with Crippen molar-refractivity contribution in [2.45, 2.75) is 52.3 Å². The van der Waals surface area contributed by atoms with Gasteiger partial charge in [0.2, 0.25) is 0 Å². The molecular formula is C21H24ClN3O4S. The Hall–Kier alpha value is -2.58. The predicted octanol–water partition coefficient (Wildman–Crippen LogP) is 5.42. The quantitative estimate of drug-likeness (QED) is 0.369. The summed E-state index contributed by atoms with van der Waals surface area (Å²) in [6, 6.07) is 5.34. The number of hydrogen-bond acceptors (Lipinski definition) is 7. The van der Waals surface area contributed by atoms with Crippen LogP contribution in [0, 0.1) is 0 Å². The molecule has 160 valence electrons. The highest BCUT2D eigenvalue weighted by molar-refractivity contribution is 7.09. The van der Waals surface area contributed by atoms with Crippen LogP contribution in [0.3, 0.4) is 0 Å². The number of carbonyl (C=O) groups is 2. The van der Waals surface area contributed by atoms with E-state index in [1.54, 1.807) is 38.2 Å². The molecule has 1 amide bonds. The normalized spacial score (nSPS) is 12.6. The van der Waals surface area contributed by atoms with Gasteiger partial charge in [0.25, 0.3) is 0 Å². The van der Waals surface area contributed by atoms with Crippen molar-refractivity contribution in [1.29, 1.82) is 0 Å². The Morgan fingerprint density at radius 2 is 2.20 bits per heavy atom. The highest BCUT2D eigenvalue weighted by Gasteiger charge is 2.23. The van der Waals surface area contributed by atoms with E-state index < -0.39 is 11.7 Å². The fourth-order valence-corrected chi connectivity index (χ4v) is 3.77. The van der Waals surface area contributed by atoms with Gasteiger partial charge >= 0.3 is 6.09 Å². The smallest absolute Gasteiger partial charge is 0.407 e. The lowest BCUT2D eigenvalue weighted by Gasteiger charge is -2.21. The molecule has 3 heterocycles. The number of amides is 1. The fraction of sp³-hybridized carbons (Fsp3) is 0.381. The van der Waals surface area contributed by atoms with Crippen LogP contribution in [-0.4, -0.2) is 29.0 Å². The zero-order chi connectivity index (χ0) is 21.9. The first kappa shape index (κ1) is 22.1. The molecule has 0 saturated carbocycles. The molecule has 7 nitrogen and oxygen atoms in total. The molecule has 0 radical (unpaired) electrons. The number of pyridine rings is 1. The molecule has 2 N–H and O–H groups in total. The predicted molar refractivity (Wildman–Crippen MR) is 119 cm³/mol. The second kappa shape index (κ2) is 9.06. The molecule has 0 aliphatic heterocycles. The Kier molecular flexibility index (Phi) is 6.67. The monoisotopic (exact) mass is 449 g/mol. The summed E-state index contributed by atoms with van der Waals surface area (Å²) in [6.07, 6.45) is 0.470. The van der Waals surface area contributed by atoms with Crippen molar-refractivity contribution in [2.24, 2.45) is 0 Å². The van der Waals surface area contributed by atoms with Crippen LogP contribution in [0.15, 0.2) is 28.0 Å². The van der Waals surface area contributed by atoms with Crippen molar-refractivity contribution in [3.63, 3.8) is 0 Å². The zero-order valence-corrected chi connectivity index (χ0v) is 18.8. The number of halogens is 1. The van der Waals surface area contributed by atoms with Crippen LogP contribution in [0.25, 0.3) is 11.1 Å². The first-order valence-corrected chi connectivity index (χ1v) is 10.7. The van der Waals surface area contributed by atoms with Gasteiger partial charge in [0.1, 0.15) is 22.0 Å². The molecule has 30 heavy (non-hydrogen) atoms. The van der Waals surface area contributed by atoms with Crippen LogP contribution in [-0.2, 0) is 17.7 Å². The number of rotatable bonds is 7. The summed E-state index contributed by atoms with van der Waals surface area (Å²) in [5, 5.41) is 8.30. The first-order chi connectivity index (χ1) is 14.2. The molecule has 0 aliphatic rings. The minimum atomic E-state index is -0.596. The SMILES string of the molecule is CC(Cc1oc2c(NCc3cccs3)cc(Cl)nc2c1C=O)NC(=O)OC(C)(C)C. The minimum absolute atomic E-state index is 0.256. The van der Waals surface area contributed by atoms with E-state index in [1.165, 1.54) is 0 Å². The molecule has 3 aromatic rings. The number of alkyl carbamates (subject to hydrolysis) is 1. The Balaban J connectivity index is 1.83. The standard InChI is InChI=1S/C21H24ClN3O4S/c1-12(24-20(27)29-21(2,3)4)8-16-14(11-26)18-19(28-16)15(9-17(22)25-18)23-10-13-6-5-7-30-13/h5-7,9,11-12H,8,10H2,1-4H3,(H,23,25)(H,24,27). The van der Waals surface area contributed by atoms with E-state index in [2.05, 4.69) is 15.6 Å². The van der Waals surface area contributed by atoms with Gasteiger partial charge in [-0.3, -0.25) is 4.79 Å². The first-order valence-electron chi connectivity index (χ1n) is 9.49. The maximum Gasteiger partial charge on any atom is 0.407 e. The van der Waals surface area contributed by atoms with Gasteiger partial charge < -0.3 is 19.8 Å². The summed E-state index contributed by atoms with van der Waals surface area (Å²) < 4.78 is 11.3. The van der Waals surface area contributed by atoms with E-state index in [0.717, 1.165) is 4.88 Å². The second-order valence-electron chi connectivity index (χ2n) is 7.91. The number of nitrogens with zero attached hydrogens (tertiary/aromatic N) is 1. The minimum Gasteiger partial charge on any atom is -0.456 e. The van der Waals surface area contributed by atoms with E-state index in [1.807, 2.05) is 24.4 Å². The number of hydrogen-bond donors (Lipinski definition) is 2. The van der Waals surface area contributed by atoms with Crippen molar-refractivity contribution in [1.82, 2.24) is 10.3 Å². The maximum absolute atomic E-state index is 12.0. The van der Waals surface area contributed by atoms with Gasteiger partial charge in [-0.05, 0) is 39.1 Å². The molecule has 1 unspecified atom stereocenters. The summed E-state index contributed by atoms with van der Waals surface area (Å²) in [5.74, 6) is 0.428. The average Bonchev–Trinajstić information content (AvgIpc) is 3.25. The Labute approximate surface area is 183 Å². The van der Waals surface area contributed by atoms with Crippen LogP contribution in [0.4, 0.5) is 10.5 Å². The third-order valence-electron chi connectivity index (χ3n) is 4.13. The van der Waals surface area contributed by atoms with Crippen LogP contribution in [0.5, 0.6) is 0 Å². The molecule has 1 atom stereocenters. The summed E-state index contributed by atoms with van der Waals surface area (Å²) in [6.45, 7) is 7.78. The molecule has 0 saturated heterocycles. The molecule has 0 bridgehead atoms. The van der Waals surface area contributed by atoms with Crippen LogP contribution >= 0.6 is 22.9 Å². The molecular weight excluding hydrogens is 426 g/mol. The van der Waals surface area contributed by atoms with E-state index in [-0.39, 0.29) is 11.2 Å². The van der Waals surface area contributed by atoms with E-state index in [9.17, 15) is 9.59 Å². The van der Waals surface area contributed by atoms with E-state index >= 15 is 0 Å². The van der Waals surface area contributed by atoms with Gasteiger partial charge in [-0.2, -0.15) is 0 Å². The van der Waals surface area contributed by atoms with Gasteiger partial charge in [-0.25, -0.2) is 9.78 Å². The fourth-order valence-electron chi connectivity index (χ4n) is 2.94. The van der Waals surface area contributed by atoms with Gasteiger partial charge in [0.05, 0.1) is 11.3 Å². The molecule has 3 rings (SSSR count).